The van der Waals surface area contributed by atoms with Crippen molar-refractivity contribution >= 4 is 39.1 Å². The number of alkyl halides is 1. The van der Waals surface area contributed by atoms with Gasteiger partial charge in [-0.15, -0.1) is 11.6 Å². The fraction of sp³-hybridized carbons (Fsp3) is 0.200. The molecule has 0 fully saturated rings. The van der Waals surface area contributed by atoms with E-state index in [0.29, 0.717) is 5.02 Å². The third-order valence-corrected chi connectivity index (χ3v) is 3.88. The second-order valence-electron chi connectivity index (χ2n) is 4.23. The van der Waals surface area contributed by atoms with Crippen LogP contribution in [0, 0.1) is 0 Å². The van der Waals surface area contributed by atoms with Gasteiger partial charge in [-0.3, -0.25) is 0 Å². The summed E-state index contributed by atoms with van der Waals surface area (Å²) in [5.74, 6) is 0.841. The molecule has 2 aromatic rings. The predicted octanol–water partition coefficient (Wildman–Crippen LogP) is 5.63. The molecule has 0 spiro atoms. The van der Waals surface area contributed by atoms with Crippen LogP contribution in [0.1, 0.15) is 16.5 Å². The normalized spacial score (nSPS) is 12.2. The monoisotopic (exact) mass is 358 g/mol. The number of rotatable bonds is 4. The van der Waals surface area contributed by atoms with E-state index in [9.17, 15) is 0 Å². The average molecular weight is 360 g/mol. The van der Waals surface area contributed by atoms with Crippen LogP contribution in [-0.2, 0) is 6.42 Å². The van der Waals surface area contributed by atoms with Gasteiger partial charge in [0.2, 0.25) is 0 Å². The summed E-state index contributed by atoms with van der Waals surface area (Å²) in [5, 5.41) is 0.558. The molecule has 0 aliphatic heterocycles. The van der Waals surface area contributed by atoms with Gasteiger partial charge in [0.25, 0.3) is 0 Å². The Labute approximate surface area is 131 Å². The minimum Gasteiger partial charge on any atom is -0.497 e. The second kappa shape index (κ2) is 6.65. The molecule has 0 aliphatic rings. The summed E-state index contributed by atoms with van der Waals surface area (Å²) in [5.41, 5.74) is 2.14. The largest absolute Gasteiger partial charge is 0.497 e. The Balaban J connectivity index is 2.17. The molecule has 0 bridgehead atoms. The van der Waals surface area contributed by atoms with Gasteiger partial charge in [0, 0.05) is 9.50 Å². The van der Waals surface area contributed by atoms with E-state index in [1.165, 1.54) is 0 Å². The molecule has 100 valence electrons. The third-order valence-electron chi connectivity index (χ3n) is 2.80. The van der Waals surface area contributed by atoms with Crippen LogP contribution in [0.4, 0.5) is 0 Å². The zero-order valence-electron chi connectivity index (χ0n) is 10.4. The molecule has 2 rings (SSSR count). The molecule has 0 saturated carbocycles. The molecule has 0 heterocycles. The standard InChI is InChI=1S/C15H13BrCl2O/c1-19-14-4-2-3-10(5-14)6-15(18)11-7-12(16)9-13(17)8-11/h2-5,7-9,15H,6H2,1H3. The van der Waals surface area contributed by atoms with Crippen LogP contribution in [0.2, 0.25) is 5.02 Å². The summed E-state index contributed by atoms with van der Waals surface area (Å²) in [4.78, 5) is 0. The lowest BCUT2D eigenvalue weighted by molar-refractivity contribution is 0.414. The van der Waals surface area contributed by atoms with Gasteiger partial charge in [0.05, 0.1) is 12.5 Å². The van der Waals surface area contributed by atoms with Crippen LogP contribution < -0.4 is 4.74 Å². The highest BCUT2D eigenvalue weighted by molar-refractivity contribution is 9.10. The summed E-state index contributed by atoms with van der Waals surface area (Å²) >= 11 is 15.9. The van der Waals surface area contributed by atoms with Crippen molar-refractivity contribution in [1.29, 1.82) is 0 Å². The van der Waals surface area contributed by atoms with E-state index in [1.54, 1.807) is 7.11 Å². The number of hydrogen-bond donors (Lipinski definition) is 0. The Morgan fingerprint density at radius 1 is 1.21 bits per heavy atom. The molecule has 0 N–H and O–H groups in total. The molecule has 0 radical (unpaired) electrons. The van der Waals surface area contributed by atoms with Gasteiger partial charge in [0.15, 0.2) is 0 Å². The first-order valence-corrected chi connectivity index (χ1v) is 7.42. The van der Waals surface area contributed by atoms with Crippen molar-refractivity contribution in [2.75, 3.05) is 7.11 Å². The number of ether oxygens (including phenoxy) is 1. The average Bonchev–Trinajstić information content (AvgIpc) is 2.37. The summed E-state index contributed by atoms with van der Waals surface area (Å²) in [6, 6.07) is 13.6. The van der Waals surface area contributed by atoms with Crippen molar-refractivity contribution in [2.24, 2.45) is 0 Å². The molecular weight excluding hydrogens is 347 g/mol. The maximum atomic E-state index is 6.46. The Morgan fingerprint density at radius 2 is 2.00 bits per heavy atom. The van der Waals surface area contributed by atoms with Gasteiger partial charge >= 0.3 is 0 Å². The van der Waals surface area contributed by atoms with Crippen LogP contribution in [0.3, 0.4) is 0 Å². The van der Waals surface area contributed by atoms with Crippen molar-refractivity contribution in [2.45, 2.75) is 11.8 Å². The molecule has 0 aliphatic carbocycles. The molecule has 0 aromatic heterocycles. The van der Waals surface area contributed by atoms with Gasteiger partial charge in [-0.1, -0.05) is 39.7 Å². The van der Waals surface area contributed by atoms with Gasteiger partial charge in [-0.25, -0.2) is 0 Å². The predicted molar refractivity (Wildman–Crippen MR) is 84.4 cm³/mol. The molecular formula is C15H13BrCl2O. The van der Waals surface area contributed by atoms with Crippen molar-refractivity contribution in [3.05, 3.63) is 63.1 Å². The van der Waals surface area contributed by atoms with Gasteiger partial charge in [0.1, 0.15) is 5.75 Å². The van der Waals surface area contributed by atoms with Crippen molar-refractivity contribution in [3.8, 4) is 5.75 Å². The van der Waals surface area contributed by atoms with Crippen LogP contribution in [0.25, 0.3) is 0 Å². The first kappa shape index (κ1) is 14.7. The number of hydrogen-bond acceptors (Lipinski definition) is 1. The SMILES string of the molecule is COc1cccc(CC(Cl)c2cc(Cl)cc(Br)c2)c1. The van der Waals surface area contributed by atoms with Crippen molar-refractivity contribution in [1.82, 2.24) is 0 Å². The number of methoxy groups -OCH3 is 1. The van der Waals surface area contributed by atoms with Crippen LogP contribution in [0.5, 0.6) is 5.75 Å². The summed E-state index contributed by atoms with van der Waals surface area (Å²) in [7, 11) is 1.66. The van der Waals surface area contributed by atoms with E-state index in [-0.39, 0.29) is 5.38 Å². The van der Waals surface area contributed by atoms with E-state index < -0.39 is 0 Å². The molecule has 1 atom stereocenters. The van der Waals surface area contributed by atoms with Gasteiger partial charge in [-0.2, -0.15) is 0 Å². The topological polar surface area (TPSA) is 9.23 Å². The summed E-state index contributed by atoms with van der Waals surface area (Å²) in [6.45, 7) is 0. The maximum absolute atomic E-state index is 6.46. The molecule has 4 heteroatoms. The quantitative estimate of drug-likeness (QED) is 0.642. The van der Waals surface area contributed by atoms with Gasteiger partial charge < -0.3 is 4.74 Å². The lowest BCUT2D eigenvalue weighted by Crippen LogP contribution is -1.96. The van der Waals surface area contributed by atoms with Crippen molar-refractivity contribution in [3.63, 3.8) is 0 Å². The van der Waals surface area contributed by atoms with Crippen LogP contribution >= 0.6 is 39.1 Å². The van der Waals surface area contributed by atoms with Crippen LogP contribution in [-0.4, -0.2) is 7.11 Å². The fourth-order valence-corrected chi connectivity index (χ4v) is 3.07. The number of benzene rings is 2. The minimum absolute atomic E-state index is 0.123. The van der Waals surface area contributed by atoms with E-state index in [4.69, 9.17) is 27.9 Å². The van der Waals surface area contributed by atoms with E-state index in [1.807, 2.05) is 42.5 Å². The molecule has 2 aromatic carbocycles. The lowest BCUT2D eigenvalue weighted by Gasteiger charge is -2.12. The first-order chi connectivity index (χ1) is 9.08. The Kier molecular flexibility index (Phi) is 5.14. The zero-order valence-corrected chi connectivity index (χ0v) is 13.5. The van der Waals surface area contributed by atoms with Gasteiger partial charge in [-0.05, 0) is 47.9 Å². The summed E-state index contributed by atoms with van der Waals surface area (Å²) < 4.78 is 6.15. The lowest BCUT2D eigenvalue weighted by atomic mass is 10.0. The number of halogens is 3. The molecule has 1 nitrogen and oxygen atoms in total. The van der Waals surface area contributed by atoms with Crippen molar-refractivity contribution < 1.29 is 4.74 Å². The molecule has 1 unspecified atom stereocenters. The smallest absolute Gasteiger partial charge is 0.119 e. The molecule has 0 amide bonds. The molecule has 0 saturated heterocycles. The van der Waals surface area contributed by atoms with Crippen LogP contribution in [0.15, 0.2) is 46.9 Å². The molecule has 19 heavy (non-hydrogen) atoms. The minimum atomic E-state index is -0.123. The van der Waals surface area contributed by atoms with E-state index >= 15 is 0 Å². The Bertz CT molecular complexity index is 552. The highest BCUT2D eigenvalue weighted by Gasteiger charge is 2.11. The summed E-state index contributed by atoms with van der Waals surface area (Å²) in [6.07, 6.45) is 0.728. The fourth-order valence-electron chi connectivity index (χ4n) is 1.88. The van der Waals surface area contributed by atoms with E-state index in [0.717, 1.165) is 27.8 Å². The van der Waals surface area contributed by atoms with E-state index in [2.05, 4.69) is 15.9 Å². The zero-order chi connectivity index (χ0) is 13.8. The Hall–Kier alpha value is -0.700. The highest BCUT2D eigenvalue weighted by Crippen LogP contribution is 2.30. The maximum Gasteiger partial charge on any atom is 0.119 e. The third kappa shape index (κ3) is 4.13. The highest BCUT2D eigenvalue weighted by atomic mass is 79.9. The Morgan fingerprint density at radius 3 is 2.68 bits per heavy atom. The first-order valence-electron chi connectivity index (χ1n) is 5.81. The second-order valence-corrected chi connectivity index (χ2v) is 6.10.